The van der Waals surface area contributed by atoms with Crippen LogP contribution in [-0.2, 0) is 4.79 Å². The molecule has 94 valence electrons. The van der Waals surface area contributed by atoms with Gasteiger partial charge in [-0.25, -0.2) is 5.84 Å². The van der Waals surface area contributed by atoms with Gasteiger partial charge in [0.1, 0.15) is 5.52 Å². The number of nitrogens with zero attached hydrogens (tertiary/aromatic N) is 1. The molecule has 3 N–H and O–H groups in total. The summed E-state index contributed by atoms with van der Waals surface area (Å²) in [5.74, 6) is 4.89. The summed E-state index contributed by atoms with van der Waals surface area (Å²) in [7, 11) is 0. The number of hydrogen-bond donors (Lipinski definition) is 2. The minimum absolute atomic E-state index is 0.219. The van der Waals surface area contributed by atoms with E-state index < -0.39 is 5.91 Å². The third-order valence-electron chi connectivity index (χ3n) is 2.26. The average Bonchev–Trinajstić information content (AvgIpc) is 2.38. The first-order chi connectivity index (χ1) is 8.63. The Labute approximate surface area is 116 Å². The van der Waals surface area contributed by atoms with Crippen molar-refractivity contribution < 1.29 is 9.53 Å². The predicted molar refractivity (Wildman–Crippen MR) is 72.3 cm³/mol. The van der Waals surface area contributed by atoms with Gasteiger partial charge in [0.05, 0.1) is 5.02 Å². The number of amides is 1. The van der Waals surface area contributed by atoms with Crippen LogP contribution in [0.1, 0.15) is 0 Å². The van der Waals surface area contributed by atoms with Crippen LogP contribution in [0.2, 0.25) is 5.02 Å². The maximum absolute atomic E-state index is 11.1. The molecule has 0 saturated heterocycles. The third-order valence-corrected chi connectivity index (χ3v) is 3.20. The summed E-state index contributed by atoms with van der Waals surface area (Å²) in [5.41, 5.74) is 2.56. The van der Waals surface area contributed by atoms with Crippen molar-refractivity contribution in [3.05, 3.63) is 33.9 Å². The van der Waals surface area contributed by atoms with E-state index in [0.29, 0.717) is 16.3 Å². The molecule has 1 amide bonds. The molecule has 0 aliphatic rings. The molecular weight excluding hydrogens is 321 g/mol. The second-order valence-electron chi connectivity index (χ2n) is 3.43. The lowest BCUT2D eigenvalue weighted by atomic mass is 10.2. The van der Waals surface area contributed by atoms with Gasteiger partial charge in [-0.1, -0.05) is 33.6 Å². The van der Waals surface area contributed by atoms with Gasteiger partial charge in [-0.05, 0) is 12.1 Å². The highest BCUT2D eigenvalue weighted by molar-refractivity contribution is 9.10. The van der Waals surface area contributed by atoms with Crippen LogP contribution in [0.5, 0.6) is 5.75 Å². The quantitative estimate of drug-likeness (QED) is 0.513. The largest absolute Gasteiger partial charge is 0.480 e. The second-order valence-corrected chi connectivity index (χ2v) is 4.69. The lowest BCUT2D eigenvalue weighted by Gasteiger charge is -2.10. The molecule has 2 rings (SSSR count). The number of nitrogens with two attached hydrogens (primary N) is 1. The second kappa shape index (κ2) is 5.51. The molecule has 1 aromatic carbocycles. The van der Waals surface area contributed by atoms with Crippen molar-refractivity contribution in [3.63, 3.8) is 0 Å². The molecule has 0 bridgehead atoms. The van der Waals surface area contributed by atoms with Gasteiger partial charge in [0.2, 0.25) is 0 Å². The monoisotopic (exact) mass is 329 g/mol. The summed E-state index contributed by atoms with van der Waals surface area (Å²) >= 11 is 9.47. The Morgan fingerprint density at radius 3 is 3.11 bits per heavy atom. The highest BCUT2D eigenvalue weighted by atomic mass is 79.9. The fourth-order valence-corrected chi connectivity index (χ4v) is 2.40. The van der Waals surface area contributed by atoms with Crippen molar-refractivity contribution in [2.75, 3.05) is 6.61 Å². The lowest BCUT2D eigenvalue weighted by Crippen LogP contribution is -2.34. The number of carbonyl (C=O) groups is 1. The number of fused-ring (bicyclic) bond motifs is 1. The molecule has 0 aliphatic heterocycles. The smallest absolute Gasteiger partial charge is 0.271 e. The molecule has 0 saturated carbocycles. The van der Waals surface area contributed by atoms with Gasteiger partial charge >= 0.3 is 0 Å². The highest BCUT2D eigenvalue weighted by Crippen LogP contribution is 2.36. The van der Waals surface area contributed by atoms with Gasteiger partial charge < -0.3 is 4.74 Å². The molecule has 0 unspecified atom stereocenters. The number of benzene rings is 1. The number of nitrogens with one attached hydrogen (secondary N) is 1. The molecule has 18 heavy (non-hydrogen) atoms. The highest BCUT2D eigenvalue weighted by Gasteiger charge is 2.13. The topological polar surface area (TPSA) is 77.2 Å². The SMILES string of the molecule is NNC(=O)COc1c(Cl)cc(Br)c2cccnc12. The first-order valence-corrected chi connectivity index (χ1v) is 6.15. The first-order valence-electron chi connectivity index (χ1n) is 4.98. The Morgan fingerprint density at radius 1 is 1.61 bits per heavy atom. The standard InChI is InChI=1S/C11H9BrClN3O2/c12-7-4-8(13)11(18-5-9(17)16-14)10-6(7)2-1-3-15-10/h1-4H,5,14H2,(H,16,17). The van der Waals surface area contributed by atoms with Crippen LogP contribution in [0.4, 0.5) is 0 Å². The maximum atomic E-state index is 11.1. The molecule has 2 aromatic rings. The maximum Gasteiger partial charge on any atom is 0.271 e. The normalized spacial score (nSPS) is 10.4. The number of aromatic nitrogens is 1. The van der Waals surface area contributed by atoms with Crippen molar-refractivity contribution in [2.45, 2.75) is 0 Å². The Kier molecular flexibility index (Phi) is 4.00. The van der Waals surface area contributed by atoms with Crippen LogP contribution in [0.3, 0.4) is 0 Å². The van der Waals surface area contributed by atoms with E-state index in [1.54, 1.807) is 18.3 Å². The van der Waals surface area contributed by atoms with E-state index in [9.17, 15) is 4.79 Å². The zero-order chi connectivity index (χ0) is 13.1. The van der Waals surface area contributed by atoms with Gasteiger partial charge in [0, 0.05) is 16.1 Å². The minimum Gasteiger partial charge on any atom is -0.480 e. The molecule has 0 spiro atoms. The summed E-state index contributed by atoms with van der Waals surface area (Å²) in [5, 5.41) is 1.22. The molecule has 0 atom stereocenters. The van der Waals surface area contributed by atoms with E-state index in [-0.39, 0.29) is 6.61 Å². The molecule has 0 fully saturated rings. The molecule has 0 aliphatic carbocycles. The van der Waals surface area contributed by atoms with E-state index in [4.69, 9.17) is 22.2 Å². The first kappa shape index (κ1) is 13.1. The van der Waals surface area contributed by atoms with Crippen molar-refractivity contribution in [1.82, 2.24) is 10.4 Å². The predicted octanol–water partition coefficient (Wildman–Crippen LogP) is 2.02. The number of hydrazine groups is 1. The summed E-state index contributed by atoms with van der Waals surface area (Å²) in [6, 6.07) is 5.37. The summed E-state index contributed by atoms with van der Waals surface area (Å²) in [4.78, 5) is 15.3. The number of halogens is 2. The Bertz CT molecular complexity index is 606. The van der Waals surface area contributed by atoms with E-state index in [1.165, 1.54) is 0 Å². The number of pyridine rings is 1. The van der Waals surface area contributed by atoms with Crippen molar-refractivity contribution in [2.24, 2.45) is 5.84 Å². The van der Waals surface area contributed by atoms with E-state index >= 15 is 0 Å². The van der Waals surface area contributed by atoms with Crippen LogP contribution in [0, 0.1) is 0 Å². The van der Waals surface area contributed by atoms with Crippen LogP contribution >= 0.6 is 27.5 Å². The van der Waals surface area contributed by atoms with Gasteiger partial charge in [0.15, 0.2) is 12.4 Å². The van der Waals surface area contributed by atoms with Crippen LogP contribution in [0.25, 0.3) is 10.9 Å². The number of hydrogen-bond acceptors (Lipinski definition) is 4. The minimum atomic E-state index is -0.446. The van der Waals surface area contributed by atoms with Crippen molar-refractivity contribution in [1.29, 1.82) is 0 Å². The third kappa shape index (κ3) is 2.55. The Balaban J connectivity index is 2.46. The zero-order valence-corrected chi connectivity index (χ0v) is 11.5. The van der Waals surface area contributed by atoms with Crippen LogP contribution in [0.15, 0.2) is 28.9 Å². The summed E-state index contributed by atoms with van der Waals surface area (Å²) in [6.45, 7) is -0.219. The van der Waals surface area contributed by atoms with Gasteiger partial charge in [-0.3, -0.25) is 15.2 Å². The number of ether oxygens (including phenoxy) is 1. The molecule has 5 nitrogen and oxygen atoms in total. The van der Waals surface area contributed by atoms with Gasteiger partial charge in [0.25, 0.3) is 5.91 Å². The number of rotatable bonds is 3. The van der Waals surface area contributed by atoms with Gasteiger partial charge in [-0.15, -0.1) is 0 Å². The van der Waals surface area contributed by atoms with E-state index in [2.05, 4.69) is 20.9 Å². The Morgan fingerprint density at radius 2 is 2.39 bits per heavy atom. The Hall–Kier alpha value is -1.37. The van der Waals surface area contributed by atoms with Gasteiger partial charge in [-0.2, -0.15) is 0 Å². The molecule has 7 heteroatoms. The fraction of sp³-hybridized carbons (Fsp3) is 0.0909. The fourth-order valence-electron chi connectivity index (χ4n) is 1.46. The van der Waals surface area contributed by atoms with E-state index in [1.807, 2.05) is 11.5 Å². The summed E-state index contributed by atoms with van der Waals surface area (Å²) < 4.78 is 6.16. The molecule has 0 radical (unpaired) electrons. The summed E-state index contributed by atoms with van der Waals surface area (Å²) in [6.07, 6.45) is 1.63. The molecule has 1 heterocycles. The average molecular weight is 331 g/mol. The van der Waals surface area contributed by atoms with Crippen LogP contribution < -0.4 is 16.0 Å². The lowest BCUT2D eigenvalue weighted by molar-refractivity contribution is -0.123. The molecule has 1 aromatic heterocycles. The van der Waals surface area contributed by atoms with Crippen molar-refractivity contribution >= 4 is 44.3 Å². The van der Waals surface area contributed by atoms with E-state index in [0.717, 1.165) is 9.86 Å². The number of carbonyl (C=O) groups excluding carboxylic acids is 1. The van der Waals surface area contributed by atoms with Crippen molar-refractivity contribution in [3.8, 4) is 5.75 Å². The zero-order valence-electron chi connectivity index (χ0n) is 9.11. The molecular formula is C11H9BrClN3O2. The van der Waals surface area contributed by atoms with Crippen LogP contribution in [-0.4, -0.2) is 17.5 Å².